The number of aromatic nitrogens is 1. The Balaban J connectivity index is 1.48. The lowest BCUT2D eigenvalue weighted by atomic mass is 10.1. The van der Waals surface area contributed by atoms with E-state index in [0.29, 0.717) is 43.0 Å². The molecular weight excluding hydrogens is 368 g/mol. The molecule has 4 rings (SSSR count). The second-order valence-corrected chi connectivity index (χ2v) is 7.58. The van der Waals surface area contributed by atoms with E-state index in [4.69, 9.17) is 0 Å². The fourth-order valence-electron chi connectivity index (χ4n) is 3.59. The molecule has 29 heavy (non-hydrogen) atoms. The summed E-state index contributed by atoms with van der Waals surface area (Å²) in [5.41, 5.74) is 2.29. The number of pyridine rings is 1. The summed E-state index contributed by atoms with van der Waals surface area (Å²) in [4.78, 5) is 45.6. The Bertz CT molecular complexity index is 932. The van der Waals surface area contributed by atoms with Gasteiger partial charge in [-0.2, -0.15) is 0 Å². The number of hydrogen-bond donors (Lipinski definition) is 1. The molecule has 7 nitrogen and oxygen atoms in total. The highest BCUT2D eigenvalue weighted by Gasteiger charge is 2.35. The first-order valence-corrected chi connectivity index (χ1v) is 9.93. The van der Waals surface area contributed by atoms with Gasteiger partial charge in [-0.3, -0.25) is 19.4 Å². The number of hydrogen-bond acceptors (Lipinski definition) is 4. The average molecular weight is 392 g/mol. The van der Waals surface area contributed by atoms with E-state index in [0.717, 1.165) is 18.4 Å². The fourth-order valence-corrected chi connectivity index (χ4v) is 3.59. The Morgan fingerprint density at radius 2 is 1.62 bits per heavy atom. The number of nitrogens with one attached hydrogen (secondary N) is 1. The lowest BCUT2D eigenvalue weighted by Gasteiger charge is -2.35. The monoisotopic (exact) mass is 392 g/mol. The Morgan fingerprint density at radius 1 is 0.966 bits per heavy atom. The van der Waals surface area contributed by atoms with Crippen LogP contribution < -0.4 is 5.32 Å². The maximum atomic E-state index is 13.2. The summed E-state index contributed by atoms with van der Waals surface area (Å²) in [6, 6.07) is 8.68. The van der Waals surface area contributed by atoms with E-state index < -0.39 is 0 Å². The van der Waals surface area contributed by atoms with Crippen LogP contribution in [0.3, 0.4) is 0 Å². The van der Waals surface area contributed by atoms with Crippen LogP contribution in [0.2, 0.25) is 0 Å². The number of aryl methyl sites for hydroxylation is 1. The molecule has 1 N–H and O–H groups in total. The van der Waals surface area contributed by atoms with Gasteiger partial charge in [0.1, 0.15) is 0 Å². The first kappa shape index (κ1) is 19.1. The zero-order valence-corrected chi connectivity index (χ0v) is 16.4. The lowest BCUT2D eigenvalue weighted by Crippen LogP contribution is -2.51. The van der Waals surface area contributed by atoms with Crippen molar-refractivity contribution in [3.05, 3.63) is 59.4 Å². The van der Waals surface area contributed by atoms with Gasteiger partial charge < -0.3 is 15.1 Å². The number of rotatable bonds is 4. The maximum absolute atomic E-state index is 13.2. The molecule has 2 aliphatic rings. The van der Waals surface area contributed by atoms with Crippen LogP contribution in [-0.2, 0) is 4.79 Å². The number of carbonyl (C=O) groups is 3. The molecule has 1 aromatic heterocycles. The summed E-state index contributed by atoms with van der Waals surface area (Å²) in [7, 11) is 0. The summed E-state index contributed by atoms with van der Waals surface area (Å²) >= 11 is 0. The molecule has 1 saturated carbocycles. The van der Waals surface area contributed by atoms with Crippen LogP contribution in [0.25, 0.3) is 0 Å². The number of benzene rings is 1. The van der Waals surface area contributed by atoms with Gasteiger partial charge in [0, 0.05) is 50.1 Å². The third kappa shape index (κ3) is 4.13. The maximum Gasteiger partial charge on any atom is 0.256 e. The molecule has 7 heteroatoms. The number of carbonyl (C=O) groups excluding carboxylic acids is 3. The van der Waals surface area contributed by atoms with E-state index in [2.05, 4.69) is 10.3 Å². The summed E-state index contributed by atoms with van der Waals surface area (Å²) in [5.74, 6) is 0.00910. The van der Waals surface area contributed by atoms with Crippen LogP contribution in [-0.4, -0.2) is 58.7 Å². The highest BCUT2D eigenvalue weighted by molar-refractivity contribution is 6.09. The number of nitrogens with zero attached hydrogens (tertiary/aromatic N) is 3. The average Bonchev–Trinajstić information content (AvgIpc) is 3.60. The zero-order chi connectivity index (χ0) is 20.4. The van der Waals surface area contributed by atoms with Crippen molar-refractivity contribution in [2.24, 2.45) is 5.92 Å². The van der Waals surface area contributed by atoms with Crippen LogP contribution in [0.15, 0.2) is 42.7 Å². The SMILES string of the molecule is Cc1cccc(C(=O)N2CCN(C(=O)C3CC3)CC2)c1NC(=O)c1ccncc1. The Labute approximate surface area is 169 Å². The van der Waals surface area contributed by atoms with Crippen molar-refractivity contribution in [2.45, 2.75) is 19.8 Å². The first-order valence-electron chi connectivity index (χ1n) is 9.93. The highest BCUT2D eigenvalue weighted by Crippen LogP contribution is 2.31. The van der Waals surface area contributed by atoms with Gasteiger partial charge in [0.05, 0.1) is 11.3 Å². The largest absolute Gasteiger partial charge is 0.339 e. The van der Waals surface area contributed by atoms with Gasteiger partial charge in [-0.05, 0) is 43.5 Å². The molecule has 1 saturated heterocycles. The molecule has 1 aliphatic heterocycles. The van der Waals surface area contributed by atoms with E-state index in [9.17, 15) is 14.4 Å². The van der Waals surface area contributed by atoms with Gasteiger partial charge in [0.15, 0.2) is 0 Å². The van der Waals surface area contributed by atoms with E-state index >= 15 is 0 Å². The van der Waals surface area contributed by atoms with Crippen molar-refractivity contribution in [1.82, 2.24) is 14.8 Å². The highest BCUT2D eigenvalue weighted by atomic mass is 16.2. The van der Waals surface area contributed by atoms with E-state index in [1.807, 2.05) is 24.0 Å². The van der Waals surface area contributed by atoms with Gasteiger partial charge in [-0.25, -0.2) is 0 Å². The van der Waals surface area contributed by atoms with E-state index in [-0.39, 0.29) is 23.6 Å². The predicted molar refractivity (Wildman–Crippen MR) is 109 cm³/mol. The summed E-state index contributed by atoms with van der Waals surface area (Å²) < 4.78 is 0. The van der Waals surface area contributed by atoms with E-state index in [1.165, 1.54) is 0 Å². The number of anilines is 1. The lowest BCUT2D eigenvalue weighted by molar-refractivity contribution is -0.134. The van der Waals surface area contributed by atoms with Gasteiger partial charge in [0.25, 0.3) is 11.8 Å². The minimum Gasteiger partial charge on any atom is -0.339 e. The van der Waals surface area contributed by atoms with Gasteiger partial charge in [0.2, 0.25) is 5.91 Å². The molecule has 2 fully saturated rings. The standard InChI is InChI=1S/C22H24N4O3/c1-15-3-2-4-18(19(15)24-20(27)16-7-9-23-10-8-16)22(29)26-13-11-25(12-14-26)21(28)17-5-6-17/h2-4,7-10,17H,5-6,11-14H2,1H3,(H,24,27). The van der Waals surface area contributed by atoms with Crippen molar-refractivity contribution in [1.29, 1.82) is 0 Å². The Hall–Kier alpha value is -3.22. The fraction of sp³-hybridized carbons (Fsp3) is 0.364. The van der Waals surface area contributed by atoms with Crippen molar-refractivity contribution in [3.63, 3.8) is 0 Å². The molecule has 1 aliphatic carbocycles. The normalized spacial score (nSPS) is 16.4. The number of amides is 3. The molecule has 0 atom stereocenters. The first-order chi connectivity index (χ1) is 14.0. The van der Waals surface area contributed by atoms with Crippen molar-refractivity contribution in [3.8, 4) is 0 Å². The van der Waals surface area contributed by atoms with Crippen LogP contribution >= 0.6 is 0 Å². The van der Waals surface area contributed by atoms with Gasteiger partial charge in [-0.1, -0.05) is 12.1 Å². The Morgan fingerprint density at radius 3 is 2.28 bits per heavy atom. The smallest absolute Gasteiger partial charge is 0.256 e. The van der Waals surface area contributed by atoms with E-state index in [1.54, 1.807) is 35.5 Å². The van der Waals surface area contributed by atoms with Crippen LogP contribution in [0.5, 0.6) is 0 Å². The molecule has 0 radical (unpaired) electrons. The quantitative estimate of drug-likeness (QED) is 0.866. The molecular formula is C22H24N4O3. The van der Waals surface area contributed by atoms with Crippen molar-refractivity contribution < 1.29 is 14.4 Å². The molecule has 0 unspecified atom stereocenters. The van der Waals surface area contributed by atoms with Crippen molar-refractivity contribution in [2.75, 3.05) is 31.5 Å². The third-order valence-electron chi connectivity index (χ3n) is 5.49. The number of para-hydroxylation sites is 1. The summed E-state index contributed by atoms with van der Waals surface area (Å²) in [6.07, 6.45) is 5.09. The zero-order valence-electron chi connectivity index (χ0n) is 16.4. The minimum atomic E-state index is -0.282. The Kier molecular flexibility index (Phi) is 5.29. The van der Waals surface area contributed by atoms with Gasteiger partial charge in [-0.15, -0.1) is 0 Å². The summed E-state index contributed by atoms with van der Waals surface area (Å²) in [5, 5.41) is 2.89. The van der Waals surface area contributed by atoms with Gasteiger partial charge >= 0.3 is 0 Å². The molecule has 3 amide bonds. The summed E-state index contributed by atoms with van der Waals surface area (Å²) in [6.45, 7) is 3.99. The topological polar surface area (TPSA) is 82.6 Å². The number of piperazine rings is 1. The predicted octanol–water partition coefficient (Wildman–Crippen LogP) is 2.34. The van der Waals surface area contributed by atoms with Crippen LogP contribution in [0.1, 0.15) is 39.1 Å². The third-order valence-corrected chi connectivity index (χ3v) is 5.49. The molecule has 0 bridgehead atoms. The molecule has 0 spiro atoms. The molecule has 2 heterocycles. The van der Waals surface area contributed by atoms with Crippen LogP contribution in [0.4, 0.5) is 5.69 Å². The molecule has 2 aromatic rings. The second-order valence-electron chi connectivity index (χ2n) is 7.58. The molecule has 150 valence electrons. The minimum absolute atomic E-state index is 0.128. The second kappa shape index (κ2) is 8.03. The van der Waals surface area contributed by atoms with Crippen LogP contribution in [0, 0.1) is 12.8 Å². The van der Waals surface area contributed by atoms with Crippen molar-refractivity contribution >= 4 is 23.4 Å². The molecule has 1 aromatic carbocycles.